The number of aryl methyl sites for hydroxylation is 1. The van der Waals surface area contributed by atoms with E-state index >= 15 is 0 Å². The molecular weight excluding hydrogens is 198 g/mol. The van der Waals surface area contributed by atoms with Crippen LogP contribution in [-0.2, 0) is 6.42 Å². The van der Waals surface area contributed by atoms with Gasteiger partial charge in [-0.3, -0.25) is 0 Å². The van der Waals surface area contributed by atoms with Crippen molar-refractivity contribution in [3.63, 3.8) is 0 Å². The van der Waals surface area contributed by atoms with Gasteiger partial charge < -0.3 is 4.98 Å². The number of imidazole rings is 1. The smallest absolute Gasteiger partial charge is 0.106 e. The van der Waals surface area contributed by atoms with E-state index in [0.717, 1.165) is 35.3 Å². The molecule has 0 saturated heterocycles. The van der Waals surface area contributed by atoms with E-state index < -0.39 is 0 Å². The standard InChI is InChI=1S/C13H15N3/c1-3-9(8-14)10-5-6-11-12(7-10)16-13(4-2)15-11/h5-7,9H,3-4H2,1-2H3,(H,15,16). The molecule has 1 N–H and O–H groups in total. The minimum Gasteiger partial charge on any atom is -0.342 e. The number of H-pyrrole nitrogens is 1. The fraction of sp³-hybridized carbons (Fsp3) is 0.385. The number of rotatable bonds is 3. The van der Waals surface area contributed by atoms with Crippen LogP contribution in [0.25, 0.3) is 11.0 Å². The van der Waals surface area contributed by atoms with Crippen molar-refractivity contribution < 1.29 is 0 Å². The fourth-order valence-corrected chi connectivity index (χ4v) is 1.87. The van der Waals surface area contributed by atoms with Crippen LogP contribution in [0.4, 0.5) is 0 Å². The van der Waals surface area contributed by atoms with E-state index in [9.17, 15) is 0 Å². The summed E-state index contributed by atoms with van der Waals surface area (Å²) in [4.78, 5) is 7.71. The Bertz CT molecular complexity index is 534. The summed E-state index contributed by atoms with van der Waals surface area (Å²) in [6.07, 6.45) is 1.75. The molecule has 0 spiro atoms. The van der Waals surface area contributed by atoms with Crippen molar-refractivity contribution in [1.29, 1.82) is 5.26 Å². The van der Waals surface area contributed by atoms with Crippen molar-refractivity contribution >= 4 is 11.0 Å². The lowest BCUT2D eigenvalue weighted by Crippen LogP contribution is -1.92. The average Bonchev–Trinajstić information content (AvgIpc) is 2.73. The van der Waals surface area contributed by atoms with Gasteiger partial charge in [-0.2, -0.15) is 5.26 Å². The molecule has 1 heterocycles. The molecule has 0 bridgehead atoms. The van der Waals surface area contributed by atoms with E-state index in [1.165, 1.54) is 0 Å². The molecule has 3 nitrogen and oxygen atoms in total. The van der Waals surface area contributed by atoms with Crippen LogP contribution >= 0.6 is 0 Å². The Balaban J connectivity index is 2.47. The van der Waals surface area contributed by atoms with Crippen LogP contribution in [0, 0.1) is 11.3 Å². The van der Waals surface area contributed by atoms with Crippen LogP contribution in [0.3, 0.4) is 0 Å². The van der Waals surface area contributed by atoms with Crippen LogP contribution in [-0.4, -0.2) is 9.97 Å². The molecular formula is C13H15N3. The third-order valence-electron chi connectivity index (χ3n) is 2.86. The molecule has 0 saturated carbocycles. The van der Waals surface area contributed by atoms with Crippen molar-refractivity contribution in [3.8, 4) is 6.07 Å². The number of benzene rings is 1. The first kappa shape index (κ1) is 10.7. The summed E-state index contributed by atoms with van der Waals surface area (Å²) in [6, 6.07) is 8.35. The van der Waals surface area contributed by atoms with Gasteiger partial charge in [0, 0.05) is 6.42 Å². The lowest BCUT2D eigenvalue weighted by molar-refractivity contribution is 0.819. The topological polar surface area (TPSA) is 52.5 Å². The summed E-state index contributed by atoms with van der Waals surface area (Å²) >= 11 is 0. The molecule has 0 aliphatic carbocycles. The predicted molar refractivity (Wildman–Crippen MR) is 64.1 cm³/mol. The zero-order chi connectivity index (χ0) is 11.5. The third kappa shape index (κ3) is 1.79. The second-order valence-corrected chi connectivity index (χ2v) is 3.90. The first-order valence-electron chi connectivity index (χ1n) is 5.66. The average molecular weight is 213 g/mol. The van der Waals surface area contributed by atoms with Gasteiger partial charge in [-0.1, -0.05) is 19.9 Å². The molecule has 0 radical (unpaired) electrons. The molecule has 1 unspecified atom stereocenters. The first-order chi connectivity index (χ1) is 7.78. The molecule has 82 valence electrons. The van der Waals surface area contributed by atoms with Gasteiger partial charge in [0.15, 0.2) is 0 Å². The van der Waals surface area contributed by atoms with Crippen LogP contribution in [0.2, 0.25) is 0 Å². The van der Waals surface area contributed by atoms with E-state index in [1.54, 1.807) is 0 Å². The molecule has 1 aromatic carbocycles. The van der Waals surface area contributed by atoms with Crippen molar-refractivity contribution in [3.05, 3.63) is 29.6 Å². The van der Waals surface area contributed by atoms with Crippen LogP contribution in [0.15, 0.2) is 18.2 Å². The fourth-order valence-electron chi connectivity index (χ4n) is 1.87. The zero-order valence-electron chi connectivity index (χ0n) is 9.62. The van der Waals surface area contributed by atoms with Crippen molar-refractivity contribution in [2.45, 2.75) is 32.6 Å². The molecule has 0 aliphatic rings. The third-order valence-corrected chi connectivity index (χ3v) is 2.86. The highest BCUT2D eigenvalue weighted by Crippen LogP contribution is 2.22. The van der Waals surface area contributed by atoms with Crippen LogP contribution < -0.4 is 0 Å². The predicted octanol–water partition coefficient (Wildman–Crippen LogP) is 3.14. The molecule has 2 rings (SSSR count). The maximum Gasteiger partial charge on any atom is 0.106 e. The minimum atomic E-state index is -0.0159. The number of nitrogens with one attached hydrogen (secondary N) is 1. The Morgan fingerprint density at radius 3 is 2.88 bits per heavy atom. The molecule has 2 aromatic rings. The van der Waals surface area contributed by atoms with E-state index in [1.807, 2.05) is 25.1 Å². The van der Waals surface area contributed by atoms with E-state index in [0.29, 0.717) is 0 Å². The van der Waals surface area contributed by atoms with Crippen molar-refractivity contribution in [1.82, 2.24) is 9.97 Å². The summed E-state index contributed by atoms with van der Waals surface area (Å²) in [7, 11) is 0. The van der Waals surface area contributed by atoms with E-state index in [4.69, 9.17) is 5.26 Å². The summed E-state index contributed by atoms with van der Waals surface area (Å²) in [6.45, 7) is 4.10. The molecule has 1 atom stereocenters. The van der Waals surface area contributed by atoms with Gasteiger partial charge in [0.1, 0.15) is 5.82 Å². The number of fused-ring (bicyclic) bond motifs is 1. The Morgan fingerprint density at radius 1 is 1.44 bits per heavy atom. The largest absolute Gasteiger partial charge is 0.342 e. The van der Waals surface area contributed by atoms with Gasteiger partial charge in [-0.05, 0) is 24.1 Å². The number of aromatic amines is 1. The van der Waals surface area contributed by atoms with Crippen molar-refractivity contribution in [2.75, 3.05) is 0 Å². The van der Waals surface area contributed by atoms with Crippen LogP contribution in [0.1, 0.15) is 37.6 Å². The number of nitriles is 1. The highest BCUT2D eigenvalue weighted by atomic mass is 14.9. The van der Waals surface area contributed by atoms with Gasteiger partial charge in [-0.25, -0.2) is 4.98 Å². The summed E-state index contributed by atoms with van der Waals surface area (Å²) in [5.41, 5.74) is 3.08. The number of hydrogen-bond donors (Lipinski definition) is 1. The lowest BCUT2D eigenvalue weighted by atomic mass is 9.98. The summed E-state index contributed by atoms with van der Waals surface area (Å²) < 4.78 is 0. The number of aromatic nitrogens is 2. The second kappa shape index (κ2) is 4.36. The molecule has 1 aromatic heterocycles. The van der Waals surface area contributed by atoms with Crippen LogP contribution in [0.5, 0.6) is 0 Å². The Labute approximate surface area is 95.1 Å². The normalized spacial score (nSPS) is 12.6. The summed E-state index contributed by atoms with van der Waals surface area (Å²) in [5, 5.41) is 9.03. The lowest BCUT2D eigenvalue weighted by Gasteiger charge is -2.05. The first-order valence-corrected chi connectivity index (χ1v) is 5.66. The monoisotopic (exact) mass is 213 g/mol. The van der Waals surface area contributed by atoms with Gasteiger partial charge in [-0.15, -0.1) is 0 Å². The minimum absolute atomic E-state index is 0.0159. The zero-order valence-corrected chi connectivity index (χ0v) is 9.62. The van der Waals surface area contributed by atoms with Gasteiger partial charge in [0.05, 0.1) is 23.0 Å². The Hall–Kier alpha value is -1.82. The SMILES string of the molecule is CCc1nc2ccc(C(C#N)CC)cc2[nH]1. The second-order valence-electron chi connectivity index (χ2n) is 3.90. The van der Waals surface area contributed by atoms with E-state index in [2.05, 4.69) is 23.0 Å². The van der Waals surface area contributed by atoms with Crippen molar-refractivity contribution in [2.24, 2.45) is 0 Å². The summed E-state index contributed by atoms with van der Waals surface area (Å²) in [5.74, 6) is 0.981. The molecule has 0 fully saturated rings. The molecule has 16 heavy (non-hydrogen) atoms. The highest BCUT2D eigenvalue weighted by Gasteiger charge is 2.09. The Kier molecular flexibility index (Phi) is 2.91. The molecule has 3 heteroatoms. The van der Waals surface area contributed by atoms with Gasteiger partial charge in [0.25, 0.3) is 0 Å². The van der Waals surface area contributed by atoms with Gasteiger partial charge in [0.2, 0.25) is 0 Å². The maximum atomic E-state index is 9.03. The maximum absolute atomic E-state index is 9.03. The quantitative estimate of drug-likeness (QED) is 0.851. The Morgan fingerprint density at radius 2 is 2.25 bits per heavy atom. The molecule has 0 aliphatic heterocycles. The van der Waals surface area contributed by atoms with Gasteiger partial charge >= 0.3 is 0 Å². The number of nitrogens with zero attached hydrogens (tertiary/aromatic N) is 2. The molecule has 0 amide bonds. The van der Waals surface area contributed by atoms with E-state index in [-0.39, 0.29) is 5.92 Å². The number of hydrogen-bond acceptors (Lipinski definition) is 2. The highest BCUT2D eigenvalue weighted by molar-refractivity contribution is 5.76.